The van der Waals surface area contributed by atoms with Gasteiger partial charge in [-0.25, -0.2) is 4.79 Å². The number of hydrogen-bond acceptors (Lipinski definition) is 2. The Hall–Kier alpha value is -0.770. The van der Waals surface area contributed by atoms with Crippen molar-refractivity contribution in [2.45, 2.75) is 50.7 Å². The van der Waals surface area contributed by atoms with E-state index < -0.39 is 0 Å². The van der Waals surface area contributed by atoms with Gasteiger partial charge in [-0.15, -0.1) is 0 Å². The van der Waals surface area contributed by atoms with Crippen LogP contribution < -0.4 is 10.6 Å². The van der Waals surface area contributed by atoms with Crippen molar-refractivity contribution in [3.63, 3.8) is 0 Å². The van der Waals surface area contributed by atoms with Gasteiger partial charge in [0.25, 0.3) is 0 Å². The van der Waals surface area contributed by atoms with E-state index >= 15 is 0 Å². The van der Waals surface area contributed by atoms with Crippen LogP contribution in [0, 0.1) is 0 Å². The van der Waals surface area contributed by atoms with Gasteiger partial charge in [-0.05, 0) is 38.5 Å². The first-order chi connectivity index (χ1) is 7.34. The summed E-state index contributed by atoms with van der Waals surface area (Å²) in [5, 5.41) is 5.77. The summed E-state index contributed by atoms with van der Waals surface area (Å²) >= 11 is 0. The molecule has 2 amide bonds. The van der Waals surface area contributed by atoms with E-state index in [1.54, 1.807) is 0 Å². The number of nitrogens with one attached hydrogen (secondary N) is 2. The standard InChI is InChI=1S/C11H20N2O2/c14-11(13-9-4-5-9)12-7-6-10-3-1-2-8-15-10/h9-10H,1-8H2,(H2,12,13,14). The van der Waals surface area contributed by atoms with Crippen LogP contribution >= 0.6 is 0 Å². The molecule has 86 valence electrons. The molecule has 1 saturated carbocycles. The fourth-order valence-electron chi connectivity index (χ4n) is 1.85. The van der Waals surface area contributed by atoms with E-state index in [1.165, 1.54) is 12.8 Å². The maximum atomic E-state index is 11.3. The molecule has 2 N–H and O–H groups in total. The summed E-state index contributed by atoms with van der Waals surface area (Å²) in [6.45, 7) is 1.61. The van der Waals surface area contributed by atoms with Gasteiger partial charge in [0.15, 0.2) is 0 Å². The minimum Gasteiger partial charge on any atom is -0.378 e. The normalized spacial score (nSPS) is 26.0. The highest BCUT2D eigenvalue weighted by atomic mass is 16.5. The fourth-order valence-corrected chi connectivity index (χ4v) is 1.85. The molecule has 4 heteroatoms. The molecule has 2 rings (SSSR count). The summed E-state index contributed by atoms with van der Waals surface area (Å²) in [7, 11) is 0. The van der Waals surface area contributed by atoms with Crippen molar-refractivity contribution in [3.8, 4) is 0 Å². The Kier molecular flexibility index (Phi) is 3.83. The Morgan fingerprint density at radius 1 is 1.27 bits per heavy atom. The highest BCUT2D eigenvalue weighted by Crippen LogP contribution is 2.18. The van der Waals surface area contributed by atoms with Gasteiger partial charge in [-0.1, -0.05) is 0 Å². The van der Waals surface area contributed by atoms with Crippen LogP contribution in [0.2, 0.25) is 0 Å². The number of rotatable bonds is 4. The van der Waals surface area contributed by atoms with Crippen LogP contribution in [-0.2, 0) is 4.74 Å². The van der Waals surface area contributed by atoms with Crippen LogP contribution in [0.1, 0.15) is 38.5 Å². The van der Waals surface area contributed by atoms with E-state index in [1.807, 2.05) is 0 Å². The molecular weight excluding hydrogens is 192 g/mol. The molecule has 1 unspecified atom stereocenters. The molecule has 0 aromatic rings. The third kappa shape index (κ3) is 4.08. The third-order valence-corrected chi connectivity index (χ3v) is 2.94. The topological polar surface area (TPSA) is 50.4 Å². The molecule has 1 aliphatic carbocycles. The van der Waals surface area contributed by atoms with Gasteiger partial charge in [0.1, 0.15) is 0 Å². The van der Waals surface area contributed by atoms with E-state index in [9.17, 15) is 4.79 Å². The van der Waals surface area contributed by atoms with Crippen molar-refractivity contribution in [1.29, 1.82) is 0 Å². The zero-order chi connectivity index (χ0) is 10.5. The van der Waals surface area contributed by atoms with Crippen molar-refractivity contribution in [2.24, 2.45) is 0 Å². The Morgan fingerprint density at radius 3 is 2.80 bits per heavy atom. The highest BCUT2D eigenvalue weighted by molar-refractivity contribution is 5.74. The second-order valence-electron chi connectivity index (χ2n) is 4.45. The second-order valence-corrected chi connectivity index (χ2v) is 4.45. The number of ether oxygens (including phenoxy) is 1. The van der Waals surface area contributed by atoms with Gasteiger partial charge in [-0.2, -0.15) is 0 Å². The van der Waals surface area contributed by atoms with Crippen molar-refractivity contribution in [3.05, 3.63) is 0 Å². The van der Waals surface area contributed by atoms with Crippen molar-refractivity contribution >= 4 is 6.03 Å². The highest BCUT2D eigenvalue weighted by Gasteiger charge is 2.23. The summed E-state index contributed by atoms with van der Waals surface area (Å²) in [5.74, 6) is 0. The minimum atomic E-state index is -0.0201. The summed E-state index contributed by atoms with van der Waals surface area (Å²) in [6, 6.07) is 0.421. The Balaban J connectivity index is 1.51. The number of amides is 2. The second kappa shape index (κ2) is 5.35. The van der Waals surface area contributed by atoms with E-state index in [0.29, 0.717) is 12.1 Å². The quantitative estimate of drug-likeness (QED) is 0.740. The van der Waals surface area contributed by atoms with E-state index in [-0.39, 0.29) is 6.03 Å². The molecule has 1 atom stereocenters. The molecule has 2 fully saturated rings. The number of urea groups is 1. The molecule has 1 saturated heterocycles. The van der Waals surface area contributed by atoms with E-state index in [0.717, 1.165) is 38.8 Å². The summed E-state index contributed by atoms with van der Waals surface area (Å²) < 4.78 is 5.58. The smallest absolute Gasteiger partial charge is 0.315 e. The van der Waals surface area contributed by atoms with Crippen LogP contribution in [0.15, 0.2) is 0 Å². The molecule has 2 aliphatic rings. The van der Waals surface area contributed by atoms with Crippen LogP contribution in [-0.4, -0.2) is 31.3 Å². The first-order valence-corrected chi connectivity index (χ1v) is 6.00. The lowest BCUT2D eigenvalue weighted by Gasteiger charge is -2.22. The molecule has 0 bridgehead atoms. The minimum absolute atomic E-state index is 0.0201. The van der Waals surface area contributed by atoms with E-state index in [4.69, 9.17) is 4.74 Å². The van der Waals surface area contributed by atoms with Gasteiger partial charge in [0.2, 0.25) is 0 Å². The molecule has 1 heterocycles. The molecule has 0 aromatic heterocycles. The summed E-state index contributed by atoms with van der Waals surface area (Å²) in [4.78, 5) is 11.3. The molecule has 1 aliphatic heterocycles. The van der Waals surface area contributed by atoms with Gasteiger partial charge < -0.3 is 15.4 Å². The molecule has 0 aromatic carbocycles. The van der Waals surface area contributed by atoms with Crippen LogP contribution in [0.3, 0.4) is 0 Å². The van der Waals surface area contributed by atoms with Crippen LogP contribution in [0.4, 0.5) is 4.79 Å². The largest absolute Gasteiger partial charge is 0.378 e. The van der Waals surface area contributed by atoms with Gasteiger partial charge >= 0.3 is 6.03 Å². The number of carbonyl (C=O) groups is 1. The Labute approximate surface area is 90.8 Å². The first kappa shape index (κ1) is 10.7. The number of hydrogen-bond donors (Lipinski definition) is 2. The monoisotopic (exact) mass is 212 g/mol. The predicted octanol–water partition coefficient (Wildman–Crippen LogP) is 1.41. The number of carbonyl (C=O) groups excluding carboxylic acids is 1. The molecule has 15 heavy (non-hydrogen) atoms. The fraction of sp³-hybridized carbons (Fsp3) is 0.909. The van der Waals surface area contributed by atoms with Gasteiger partial charge in [0, 0.05) is 19.2 Å². The zero-order valence-electron chi connectivity index (χ0n) is 9.13. The average molecular weight is 212 g/mol. The predicted molar refractivity (Wildman–Crippen MR) is 57.8 cm³/mol. The van der Waals surface area contributed by atoms with Gasteiger partial charge in [-0.3, -0.25) is 0 Å². The third-order valence-electron chi connectivity index (χ3n) is 2.94. The van der Waals surface area contributed by atoms with Crippen molar-refractivity contribution in [1.82, 2.24) is 10.6 Å². The molecule has 0 spiro atoms. The van der Waals surface area contributed by atoms with Crippen LogP contribution in [0.5, 0.6) is 0 Å². The van der Waals surface area contributed by atoms with Crippen LogP contribution in [0.25, 0.3) is 0 Å². The van der Waals surface area contributed by atoms with Gasteiger partial charge in [0.05, 0.1) is 6.10 Å². The van der Waals surface area contributed by atoms with E-state index in [2.05, 4.69) is 10.6 Å². The molecule has 4 nitrogen and oxygen atoms in total. The Bertz CT molecular complexity index is 211. The lowest BCUT2D eigenvalue weighted by molar-refractivity contribution is 0.0120. The zero-order valence-corrected chi connectivity index (χ0v) is 9.13. The maximum Gasteiger partial charge on any atom is 0.315 e. The molecular formula is C11H20N2O2. The lowest BCUT2D eigenvalue weighted by atomic mass is 10.1. The lowest BCUT2D eigenvalue weighted by Crippen LogP contribution is -2.38. The SMILES string of the molecule is O=C(NCCC1CCCCO1)NC1CC1. The van der Waals surface area contributed by atoms with Crippen molar-refractivity contribution in [2.75, 3.05) is 13.2 Å². The average Bonchev–Trinajstić information content (AvgIpc) is 3.03. The summed E-state index contributed by atoms with van der Waals surface area (Å²) in [6.07, 6.45) is 7.17. The maximum absolute atomic E-state index is 11.3. The Morgan fingerprint density at radius 2 is 2.13 bits per heavy atom. The molecule has 0 radical (unpaired) electrons. The van der Waals surface area contributed by atoms with Crippen molar-refractivity contribution < 1.29 is 9.53 Å². The summed E-state index contributed by atoms with van der Waals surface area (Å²) in [5.41, 5.74) is 0. The first-order valence-electron chi connectivity index (χ1n) is 6.00.